The fourth-order valence-electron chi connectivity index (χ4n) is 1.90. The Kier molecular flexibility index (Phi) is 2.81. The lowest BCUT2D eigenvalue weighted by atomic mass is 10.1. The van der Waals surface area contributed by atoms with E-state index in [1.807, 2.05) is 42.1 Å². The van der Waals surface area contributed by atoms with Crippen molar-refractivity contribution in [3.8, 4) is 0 Å². The molecule has 0 aliphatic rings. The second-order valence-corrected chi connectivity index (χ2v) is 3.62. The van der Waals surface area contributed by atoms with E-state index in [4.69, 9.17) is 5.53 Å². The van der Waals surface area contributed by atoms with Gasteiger partial charge in [0, 0.05) is 29.1 Å². The minimum Gasteiger partial charge on any atom is -0.396 e. The van der Waals surface area contributed by atoms with Gasteiger partial charge >= 0.3 is 0 Å². The number of hydrogen-bond donors (Lipinski definition) is 1. The third kappa shape index (κ3) is 1.62. The lowest BCUT2D eigenvalue weighted by molar-refractivity contribution is 0.268. The van der Waals surface area contributed by atoms with E-state index in [0.29, 0.717) is 0 Å². The smallest absolute Gasteiger partial charge is 0.0877 e. The molecule has 0 aliphatic carbocycles. The summed E-state index contributed by atoms with van der Waals surface area (Å²) in [4.78, 5) is 2.76. The van der Waals surface area contributed by atoms with Gasteiger partial charge in [-0.15, -0.1) is 0 Å². The van der Waals surface area contributed by atoms with Crippen LogP contribution in [0.4, 0.5) is 0 Å². The summed E-state index contributed by atoms with van der Waals surface area (Å²) in [5, 5.41) is 13.8. The highest BCUT2D eigenvalue weighted by molar-refractivity contribution is 5.84. The Morgan fingerprint density at radius 2 is 2.25 bits per heavy atom. The monoisotopic (exact) mass is 216 g/mol. The van der Waals surface area contributed by atoms with Gasteiger partial charge in [-0.05, 0) is 17.2 Å². The van der Waals surface area contributed by atoms with Gasteiger partial charge in [0.25, 0.3) is 0 Å². The summed E-state index contributed by atoms with van der Waals surface area (Å²) in [7, 11) is 1.93. The van der Waals surface area contributed by atoms with Gasteiger partial charge in [0.05, 0.1) is 12.6 Å². The van der Waals surface area contributed by atoms with E-state index < -0.39 is 6.04 Å². The molecule has 1 N–H and O–H groups in total. The molecule has 1 atom stereocenters. The molecule has 5 nitrogen and oxygen atoms in total. The van der Waals surface area contributed by atoms with Crippen molar-refractivity contribution in [3.05, 3.63) is 46.5 Å². The molecule has 0 bridgehead atoms. The third-order valence-electron chi connectivity index (χ3n) is 2.65. The zero-order valence-electron chi connectivity index (χ0n) is 8.91. The van der Waals surface area contributed by atoms with E-state index in [2.05, 4.69) is 10.0 Å². The molecule has 2 rings (SSSR count). The lowest BCUT2D eigenvalue weighted by Gasteiger charge is -2.05. The second-order valence-electron chi connectivity index (χ2n) is 3.62. The molecule has 5 heteroatoms. The molecule has 1 aromatic carbocycles. The van der Waals surface area contributed by atoms with Gasteiger partial charge in [-0.25, -0.2) is 0 Å². The number of azide groups is 1. The Balaban J connectivity index is 2.64. The van der Waals surface area contributed by atoms with Gasteiger partial charge in [0.1, 0.15) is 0 Å². The molecule has 82 valence electrons. The minimum atomic E-state index is -0.518. The maximum Gasteiger partial charge on any atom is 0.0877 e. The standard InChI is InChI=1S/C11H12N4O/c1-15-6-9(10(7-16)13-14-12)8-4-2-3-5-11(8)15/h2-6,10,16H,7H2,1H3. The van der Waals surface area contributed by atoms with Crippen molar-refractivity contribution in [2.45, 2.75) is 6.04 Å². The molecular weight excluding hydrogens is 204 g/mol. The van der Waals surface area contributed by atoms with E-state index >= 15 is 0 Å². The van der Waals surface area contributed by atoms with Crippen LogP contribution in [0.3, 0.4) is 0 Å². The first kappa shape index (κ1) is 10.5. The fourth-order valence-corrected chi connectivity index (χ4v) is 1.90. The second kappa shape index (κ2) is 4.26. The number of hydrogen-bond acceptors (Lipinski definition) is 2. The molecule has 2 aromatic rings. The van der Waals surface area contributed by atoms with Gasteiger partial charge in [-0.1, -0.05) is 23.3 Å². The molecule has 1 heterocycles. The quantitative estimate of drug-likeness (QED) is 0.477. The number of aromatic nitrogens is 1. The van der Waals surface area contributed by atoms with Crippen molar-refractivity contribution in [2.75, 3.05) is 6.61 Å². The van der Waals surface area contributed by atoms with Crippen LogP contribution in [0.5, 0.6) is 0 Å². The summed E-state index contributed by atoms with van der Waals surface area (Å²) in [5.74, 6) is 0. The van der Waals surface area contributed by atoms with Crippen LogP contribution in [0.25, 0.3) is 21.3 Å². The average molecular weight is 216 g/mol. The first-order valence-electron chi connectivity index (χ1n) is 4.97. The Bertz CT molecular complexity index is 554. The van der Waals surface area contributed by atoms with Crippen molar-refractivity contribution < 1.29 is 5.11 Å². The molecular formula is C11H12N4O. The summed E-state index contributed by atoms with van der Waals surface area (Å²) in [6, 6.07) is 7.31. The molecule has 1 unspecified atom stereocenters. The topological polar surface area (TPSA) is 73.9 Å². The maximum absolute atomic E-state index is 9.21. The van der Waals surface area contributed by atoms with Crippen molar-refractivity contribution >= 4 is 10.9 Å². The Morgan fingerprint density at radius 1 is 1.50 bits per heavy atom. The molecule has 0 amide bonds. The molecule has 0 saturated carbocycles. The summed E-state index contributed by atoms with van der Waals surface area (Å²) >= 11 is 0. The van der Waals surface area contributed by atoms with Gasteiger partial charge < -0.3 is 9.67 Å². The Morgan fingerprint density at radius 3 is 2.94 bits per heavy atom. The molecule has 16 heavy (non-hydrogen) atoms. The van der Waals surface area contributed by atoms with Crippen LogP contribution in [0.15, 0.2) is 35.6 Å². The van der Waals surface area contributed by atoms with Gasteiger partial charge in [0.2, 0.25) is 0 Å². The zero-order chi connectivity index (χ0) is 11.5. The van der Waals surface area contributed by atoms with Gasteiger partial charge in [-0.2, -0.15) is 0 Å². The Labute approximate surface area is 92.6 Å². The number of aliphatic hydroxyl groups is 1. The predicted octanol–water partition coefficient (Wildman–Crippen LogP) is 2.52. The normalized spacial score (nSPS) is 12.4. The van der Waals surface area contributed by atoms with Crippen LogP contribution < -0.4 is 0 Å². The number of fused-ring (bicyclic) bond motifs is 1. The number of nitrogens with zero attached hydrogens (tertiary/aromatic N) is 4. The highest BCUT2D eigenvalue weighted by Crippen LogP contribution is 2.27. The van der Waals surface area contributed by atoms with Crippen LogP contribution in [0.2, 0.25) is 0 Å². The number of aliphatic hydroxyl groups excluding tert-OH is 1. The van der Waals surface area contributed by atoms with E-state index in [0.717, 1.165) is 16.5 Å². The predicted molar refractivity (Wildman–Crippen MR) is 61.9 cm³/mol. The van der Waals surface area contributed by atoms with Gasteiger partial charge in [0.15, 0.2) is 0 Å². The Hall–Kier alpha value is -1.97. The molecule has 0 saturated heterocycles. The highest BCUT2D eigenvalue weighted by Gasteiger charge is 2.14. The average Bonchev–Trinajstić information content (AvgIpc) is 2.65. The van der Waals surface area contributed by atoms with E-state index in [-0.39, 0.29) is 6.61 Å². The largest absolute Gasteiger partial charge is 0.396 e. The molecule has 1 aromatic heterocycles. The van der Waals surface area contributed by atoms with Crippen LogP contribution in [-0.2, 0) is 7.05 Å². The molecule has 0 fully saturated rings. The van der Waals surface area contributed by atoms with Crippen LogP contribution >= 0.6 is 0 Å². The third-order valence-corrected chi connectivity index (χ3v) is 2.65. The minimum absolute atomic E-state index is 0.182. The van der Waals surface area contributed by atoms with E-state index in [1.54, 1.807) is 0 Å². The van der Waals surface area contributed by atoms with Crippen LogP contribution in [-0.4, -0.2) is 16.3 Å². The summed E-state index contributed by atoms with van der Waals surface area (Å²) < 4.78 is 1.96. The molecule has 0 spiro atoms. The highest BCUT2D eigenvalue weighted by atomic mass is 16.3. The first-order valence-corrected chi connectivity index (χ1v) is 4.97. The number of aryl methyl sites for hydroxylation is 1. The van der Waals surface area contributed by atoms with E-state index in [9.17, 15) is 5.11 Å². The summed E-state index contributed by atoms with van der Waals surface area (Å²) in [6.07, 6.45) is 1.89. The molecule has 0 radical (unpaired) electrons. The van der Waals surface area contributed by atoms with Crippen molar-refractivity contribution in [1.29, 1.82) is 0 Å². The summed E-state index contributed by atoms with van der Waals surface area (Å²) in [6.45, 7) is -0.182. The molecule has 0 aliphatic heterocycles. The number of rotatable bonds is 3. The lowest BCUT2D eigenvalue weighted by Crippen LogP contribution is -1.98. The van der Waals surface area contributed by atoms with Crippen molar-refractivity contribution in [1.82, 2.24) is 4.57 Å². The van der Waals surface area contributed by atoms with Crippen molar-refractivity contribution in [3.63, 3.8) is 0 Å². The van der Waals surface area contributed by atoms with Crippen molar-refractivity contribution in [2.24, 2.45) is 12.2 Å². The fraction of sp³-hybridized carbons (Fsp3) is 0.273. The van der Waals surface area contributed by atoms with Crippen LogP contribution in [0.1, 0.15) is 11.6 Å². The number of benzene rings is 1. The van der Waals surface area contributed by atoms with Crippen LogP contribution in [0, 0.1) is 0 Å². The SMILES string of the molecule is Cn1cc(C(CO)N=[N+]=[N-])c2ccccc21. The first-order chi connectivity index (χ1) is 7.77. The maximum atomic E-state index is 9.21. The van der Waals surface area contributed by atoms with Gasteiger partial charge in [-0.3, -0.25) is 0 Å². The zero-order valence-corrected chi connectivity index (χ0v) is 8.91. The summed E-state index contributed by atoms with van der Waals surface area (Å²) in [5.41, 5.74) is 10.4. The van der Waals surface area contributed by atoms with E-state index in [1.165, 1.54) is 0 Å². The number of para-hydroxylation sites is 1.